The summed E-state index contributed by atoms with van der Waals surface area (Å²) in [4.78, 5) is 45.7. The maximum absolute atomic E-state index is 13.1. The molecule has 1 atom stereocenters. The lowest BCUT2D eigenvalue weighted by Gasteiger charge is -2.23. The van der Waals surface area contributed by atoms with Gasteiger partial charge in [0, 0.05) is 12.5 Å². The van der Waals surface area contributed by atoms with E-state index in [1.54, 1.807) is 0 Å². The number of amides is 2. The Bertz CT molecular complexity index is 1130. The van der Waals surface area contributed by atoms with E-state index in [9.17, 15) is 14.4 Å². The van der Waals surface area contributed by atoms with Crippen molar-refractivity contribution in [1.29, 1.82) is 0 Å². The molecule has 2 heterocycles. The van der Waals surface area contributed by atoms with Crippen LogP contribution in [0.1, 0.15) is 44.9 Å². The smallest absolute Gasteiger partial charge is 0.329 e. The average Bonchev–Trinajstić information content (AvgIpc) is 3.39. The minimum absolute atomic E-state index is 0.0294. The molecule has 1 aliphatic rings. The standard InChI is InChI=1S/C26H29N5O4/c32-24(30-20-11-13-27-14-12-20)22-23(29-17-28-22)25(33)31-21(15-18-7-3-1-4-8-18)26(34)35-16-19-9-5-2-6-10-19/h1-10,17,20-21,27H,11-16H2,(H,28,29)(H,30,32)(H,31,33)/t21-/m0/s1. The van der Waals surface area contributed by atoms with Gasteiger partial charge in [0.25, 0.3) is 11.8 Å². The van der Waals surface area contributed by atoms with Crippen LogP contribution in [0.15, 0.2) is 67.0 Å². The number of nitrogens with zero attached hydrogens (tertiary/aromatic N) is 1. The zero-order valence-electron chi connectivity index (χ0n) is 19.3. The van der Waals surface area contributed by atoms with Crippen molar-refractivity contribution in [1.82, 2.24) is 25.9 Å². The van der Waals surface area contributed by atoms with Crippen LogP contribution in [0.4, 0.5) is 0 Å². The van der Waals surface area contributed by atoms with Crippen molar-refractivity contribution < 1.29 is 19.1 Å². The minimum atomic E-state index is -0.953. The van der Waals surface area contributed by atoms with Crippen LogP contribution in [-0.4, -0.2) is 52.9 Å². The monoisotopic (exact) mass is 475 g/mol. The molecular weight excluding hydrogens is 446 g/mol. The first-order valence-corrected chi connectivity index (χ1v) is 11.7. The minimum Gasteiger partial charge on any atom is -0.459 e. The molecule has 3 aromatic rings. The molecule has 9 heteroatoms. The van der Waals surface area contributed by atoms with Gasteiger partial charge in [-0.15, -0.1) is 0 Å². The first-order valence-electron chi connectivity index (χ1n) is 11.7. The van der Waals surface area contributed by atoms with E-state index in [4.69, 9.17) is 4.74 Å². The van der Waals surface area contributed by atoms with E-state index in [1.165, 1.54) is 6.33 Å². The van der Waals surface area contributed by atoms with Gasteiger partial charge in [0.15, 0.2) is 5.69 Å². The number of nitrogens with one attached hydrogen (secondary N) is 4. The van der Waals surface area contributed by atoms with Gasteiger partial charge in [-0.05, 0) is 37.1 Å². The molecule has 0 aliphatic carbocycles. The fraction of sp³-hybridized carbons (Fsp3) is 0.308. The second-order valence-corrected chi connectivity index (χ2v) is 8.43. The van der Waals surface area contributed by atoms with Gasteiger partial charge in [-0.3, -0.25) is 9.59 Å². The summed E-state index contributed by atoms with van der Waals surface area (Å²) in [6.07, 6.45) is 3.16. The molecule has 9 nitrogen and oxygen atoms in total. The van der Waals surface area contributed by atoms with Gasteiger partial charge in [0.05, 0.1) is 6.33 Å². The number of H-pyrrole nitrogens is 1. The summed E-state index contributed by atoms with van der Waals surface area (Å²) >= 11 is 0. The van der Waals surface area contributed by atoms with Gasteiger partial charge in [-0.1, -0.05) is 60.7 Å². The predicted octanol–water partition coefficient (Wildman–Crippen LogP) is 1.98. The summed E-state index contributed by atoms with van der Waals surface area (Å²) in [7, 11) is 0. The van der Waals surface area contributed by atoms with Gasteiger partial charge in [-0.2, -0.15) is 0 Å². The lowest BCUT2D eigenvalue weighted by atomic mass is 10.1. The van der Waals surface area contributed by atoms with Crippen molar-refractivity contribution in [3.05, 3.63) is 89.5 Å². The predicted molar refractivity (Wildman–Crippen MR) is 130 cm³/mol. The number of esters is 1. The van der Waals surface area contributed by atoms with E-state index in [0.29, 0.717) is 0 Å². The maximum Gasteiger partial charge on any atom is 0.329 e. The zero-order valence-corrected chi connectivity index (χ0v) is 19.3. The Morgan fingerprint density at radius 3 is 2.29 bits per heavy atom. The van der Waals surface area contributed by atoms with Gasteiger partial charge in [-0.25, -0.2) is 9.78 Å². The molecule has 182 valence electrons. The number of benzene rings is 2. The number of hydrogen-bond acceptors (Lipinski definition) is 6. The Morgan fingerprint density at radius 1 is 0.943 bits per heavy atom. The molecule has 2 aromatic carbocycles. The van der Waals surface area contributed by atoms with E-state index in [-0.39, 0.29) is 30.5 Å². The SMILES string of the molecule is O=C(N[C@@H](Cc1ccccc1)C(=O)OCc1ccccc1)c1nc[nH]c1C(=O)NC1CCNCC1. The number of ether oxygens (including phenoxy) is 1. The van der Waals surface area contributed by atoms with Crippen LogP contribution in [0, 0.1) is 0 Å². The van der Waals surface area contributed by atoms with Crippen molar-refractivity contribution in [3.8, 4) is 0 Å². The zero-order chi connectivity index (χ0) is 24.5. The summed E-state index contributed by atoms with van der Waals surface area (Å²) in [6, 6.07) is 17.7. The first kappa shape index (κ1) is 24.2. The molecule has 35 heavy (non-hydrogen) atoms. The molecule has 0 spiro atoms. The number of aromatic nitrogens is 2. The number of imidazole rings is 1. The first-order chi connectivity index (χ1) is 17.1. The summed E-state index contributed by atoms with van der Waals surface area (Å²) in [6.45, 7) is 1.74. The van der Waals surface area contributed by atoms with Crippen LogP contribution in [-0.2, 0) is 22.6 Å². The van der Waals surface area contributed by atoms with E-state index in [2.05, 4.69) is 25.9 Å². The van der Waals surface area contributed by atoms with Gasteiger partial charge in [0.2, 0.25) is 0 Å². The molecule has 1 aromatic heterocycles. The Kier molecular flexibility index (Phi) is 8.24. The van der Waals surface area contributed by atoms with Crippen LogP contribution in [0.5, 0.6) is 0 Å². The summed E-state index contributed by atoms with van der Waals surface area (Å²) < 4.78 is 5.49. The molecule has 0 unspecified atom stereocenters. The number of rotatable bonds is 9. The highest BCUT2D eigenvalue weighted by atomic mass is 16.5. The van der Waals surface area contributed by atoms with Gasteiger partial charge in [0.1, 0.15) is 18.3 Å². The molecule has 1 aliphatic heterocycles. The van der Waals surface area contributed by atoms with Crippen LogP contribution < -0.4 is 16.0 Å². The number of piperidine rings is 1. The van der Waals surface area contributed by atoms with Crippen LogP contribution in [0.3, 0.4) is 0 Å². The van der Waals surface area contributed by atoms with E-state index in [0.717, 1.165) is 37.1 Å². The number of aromatic amines is 1. The number of carbonyl (C=O) groups excluding carboxylic acids is 3. The number of carbonyl (C=O) groups is 3. The highest BCUT2D eigenvalue weighted by Crippen LogP contribution is 2.11. The Labute approximate surface area is 203 Å². The van der Waals surface area contributed by atoms with Crippen molar-refractivity contribution in [2.45, 2.75) is 38.0 Å². The molecule has 1 saturated heterocycles. The van der Waals surface area contributed by atoms with Crippen LogP contribution in [0.25, 0.3) is 0 Å². The Hall–Kier alpha value is -3.98. The molecule has 4 N–H and O–H groups in total. The lowest BCUT2D eigenvalue weighted by molar-refractivity contribution is -0.147. The second-order valence-electron chi connectivity index (χ2n) is 8.43. The van der Waals surface area contributed by atoms with Gasteiger partial charge < -0.3 is 25.7 Å². The van der Waals surface area contributed by atoms with E-state index < -0.39 is 23.8 Å². The summed E-state index contributed by atoms with van der Waals surface area (Å²) in [5.74, 6) is -1.59. The van der Waals surface area contributed by atoms with Crippen LogP contribution >= 0.6 is 0 Å². The van der Waals surface area contributed by atoms with E-state index >= 15 is 0 Å². The van der Waals surface area contributed by atoms with Crippen molar-refractivity contribution >= 4 is 17.8 Å². The molecule has 0 saturated carbocycles. The van der Waals surface area contributed by atoms with Crippen LogP contribution in [0.2, 0.25) is 0 Å². The normalized spacial score (nSPS) is 14.6. The quantitative estimate of drug-likeness (QED) is 0.351. The fourth-order valence-electron chi connectivity index (χ4n) is 3.96. The average molecular weight is 476 g/mol. The largest absolute Gasteiger partial charge is 0.459 e. The third kappa shape index (κ3) is 6.77. The third-order valence-corrected chi connectivity index (χ3v) is 5.85. The molecule has 1 fully saturated rings. The highest BCUT2D eigenvalue weighted by Gasteiger charge is 2.28. The lowest BCUT2D eigenvalue weighted by Crippen LogP contribution is -2.45. The Morgan fingerprint density at radius 2 is 1.60 bits per heavy atom. The maximum atomic E-state index is 13.1. The Balaban J connectivity index is 1.45. The third-order valence-electron chi connectivity index (χ3n) is 5.85. The van der Waals surface area contributed by atoms with Crippen molar-refractivity contribution in [2.24, 2.45) is 0 Å². The number of hydrogen-bond donors (Lipinski definition) is 4. The molecular formula is C26H29N5O4. The molecule has 0 bridgehead atoms. The molecule has 0 radical (unpaired) electrons. The topological polar surface area (TPSA) is 125 Å². The van der Waals surface area contributed by atoms with Crippen molar-refractivity contribution in [2.75, 3.05) is 13.1 Å². The van der Waals surface area contributed by atoms with Crippen molar-refractivity contribution in [3.63, 3.8) is 0 Å². The second kappa shape index (κ2) is 11.9. The molecule has 2 amide bonds. The van der Waals surface area contributed by atoms with Gasteiger partial charge >= 0.3 is 5.97 Å². The molecule has 4 rings (SSSR count). The summed E-state index contributed by atoms with van der Waals surface area (Å²) in [5, 5.41) is 8.91. The fourth-order valence-corrected chi connectivity index (χ4v) is 3.96. The summed E-state index contributed by atoms with van der Waals surface area (Å²) in [5.41, 5.74) is 1.71. The highest BCUT2D eigenvalue weighted by molar-refractivity contribution is 6.05. The van der Waals surface area contributed by atoms with E-state index in [1.807, 2.05) is 60.7 Å².